The van der Waals surface area contributed by atoms with Crippen molar-refractivity contribution >= 4 is 0 Å². The third-order valence-electron chi connectivity index (χ3n) is 4.61. The van der Waals surface area contributed by atoms with Crippen LogP contribution in [-0.2, 0) is 19.4 Å². The van der Waals surface area contributed by atoms with Gasteiger partial charge in [0.2, 0.25) is 0 Å². The van der Waals surface area contributed by atoms with Crippen LogP contribution in [-0.4, -0.2) is 4.57 Å². The molecule has 1 heterocycles. The van der Waals surface area contributed by atoms with E-state index in [1.165, 1.54) is 40.9 Å². The average Bonchev–Trinajstić information content (AvgIpc) is 2.78. The number of fused-ring (bicyclic) bond motifs is 1. The Labute approximate surface area is 121 Å². The zero-order chi connectivity index (χ0) is 14.1. The van der Waals surface area contributed by atoms with Crippen LogP contribution < -0.4 is 5.73 Å². The summed E-state index contributed by atoms with van der Waals surface area (Å²) in [6.45, 7) is 5.42. The molecule has 0 saturated heterocycles. The summed E-state index contributed by atoms with van der Waals surface area (Å²) in [4.78, 5) is 0. The van der Waals surface area contributed by atoms with Crippen LogP contribution in [0.25, 0.3) is 0 Å². The number of benzene rings is 1. The molecule has 1 atom stereocenters. The first-order valence-electron chi connectivity index (χ1n) is 7.72. The summed E-state index contributed by atoms with van der Waals surface area (Å²) < 4.78 is 2.48. The van der Waals surface area contributed by atoms with Crippen molar-refractivity contribution in [1.29, 1.82) is 0 Å². The third-order valence-corrected chi connectivity index (χ3v) is 4.61. The van der Waals surface area contributed by atoms with Crippen molar-refractivity contribution in [2.45, 2.75) is 52.1 Å². The highest BCUT2D eigenvalue weighted by Gasteiger charge is 2.22. The first-order valence-corrected chi connectivity index (χ1v) is 7.72. The highest BCUT2D eigenvalue weighted by molar-refractivity contribution is 5.35. The lowest BCUT2D eigenvalue weighted by Crippen LogP contribution is -2.18. The van der Waals surface area contributed by atoms with E-state index >= 15 is 0 Å². The zero-order valence-corrected chi connectivity index (χ0v) is 12.5. The summed E-state index contributed by atoms with van der Waals surface area (Å²) in [6, 6.07) is 11.3. The second-order valence-corrected chi connectivity index (χ2v) is 5.89. The van der Waals surface area contributed by atoms with Crippen molar-refractivity contribution in [2.75, 3.05) is 0 Å². The molecule has 106 valence electrons. The smallest absolute Gasteiger partial charge is 0.0478 e. The Morgan fingerprint density at radius 1 is 1.25 bits per heavy atom. The van der Waals surface area contributed by atoms with E-state index < -0.39 is 0 Å². The van der Waals surface area contributed by atoms with E-state index in [1.54, 1.807) is 0 Å². The van der Waals surface area contributed by atoms with E-state index in [0.29, 0.717) is 0 Å². The minimum Gasteiger partial charge on any atom is -0.344 e. The molecule has 0 aliphatic heterocycles. The van der Waals surface area contributed by atoms with E-state index in [0.717, 1.165) is 19.4 Å². The van der Waals surface area contributed by atoms with E-state index in [1.807, 2.05) is 0 Å². The maximum absolute atomic E-state index is 6.26. The van der Waals surface area contributed by atoms with Crippen molar-refractivity contribution < 1.29 is 0 Å². The van der Waals surface area contributed by atoms with E-state index in [2.05, 4.69) is 48.7 Å². The summed E-state index contributed by atoms with van der Waals surface area (Å²) >= 11 is 0. The Kier molecular flexibility index (Phi) is 3.66. The number of nitrogens with two attached hydrogens (primary N) is 1. The largest absolute Gasteiger partial charge is 0.344 e. The molecule has 2 heteroatoms. The van der Waals surface area contributed by atoms with Crippen LogP contribution in [0.1, 0.15) is 53.9 Å². The SMILES string of the molecule is CCc1ccccc1Cn1c(C)cc2c1CCCC2N. The molecule has 20 heavy (non-hydrogen) atoms. The molecular weight excluding hydrogens is 244 g/mol. The van der Waals surface area contributed by atoms with Crippen LogP contribution in [0.2, 0.25) is 0 Å². The predicted octanol–water partition coefficient (Wildman–Crippen LogP) is 3.74. The summed E-state index contributed by atoms with van der Waals surface area (Å²) in [5.41, 5.74) is 13.3. The maximum Gasteiger partial charge on any atom is 0.0478 e. The lowest BCUT2D eigenvalue weighted by molar-refractivity contribution is 0.546. The Morgan fingerprint density at radius 2 is 2.00 bits per heavy atom. The van der Waals surface area contributed by atoms with E-state index in [-0.39, 0.29) is 6.04 Å². The first-order chi connectivity index (χ1) is 9.70. The molecular formula is C18H24N2. The van der Waals surface area contributed by atoms with Gasteiger partial charge in [0, 0.05) is 24.0 Å². The van der Waals surface area contributed by atoms with Crippen LogP contribution >= 0.6 is 0 Å². The predicted molar refractivity (Wildman–Crippen MR) is 84.0 cm³/mol. The number of hydrogen-bond donors (Lipinski definition) is 1. The minimum absolute atomic E-state index is 0.236. The number of nitrogens with zero attached hydrogens (tertiary/aromatic N) is 1. The number of rotatable bonds is 3. The van der Waals surface area contributed by atoms with Gasteiger partial charge in [-0.15, -0.1) is 0 Å². The lowest BCUT2D eigenvalue weighted by Gasteiger charge is -2.21. The molecule has 2 aromatic rings. The van der Waals surface area contributed by atoms with Crippen molar-refractivity contribution in [2.24, 2.45) is 5.73 Å². The number of hydrogen-bond acceptors (Lipinski definition) is 1. The second kappa shape index (κ2) is 5.45. The van der Waals surface area contributed by atoms with Gasteiger partial charge >= 0.3 is 0 Å². The van der Waals surface area contributed by atoms with Gasteiger partial charge in [-0.3, -0.25) is 0 Å². The number of aromatic nitrogens is 1. The van der Waals surface area contributed by atoms with Gasteiger partial charge in [-0.1, -0.05) is 31.2 Å². The summed E-state index contributed by atoms with van der Waals surface area (Å²) in [5.74, 6) is 0. The van der Waals surface area contributed by atoms with Gasteiger partial charge in [0.1, 0.15) is 0 Å². The summed E-state index contributed by atoms with van der Waals surface area (Å²) in [7, 11) is 0. The molecule has 0 radical (unpaired) electrons. The molecule has 0 bridgehead atoms. The molecule has 0 saturated carbocycles. The molecule has 2 nitrogen and oxygen atoms in total. The fourth-order valence-electron chi connectivity index (χ4n) is 3.45. The van der Waals surface area contributed by atoms with Gasteiger partial charge in [0.15, 0.2) is 0 Å². The topological polar surface area (TPSA) is 30.9 Å². The first kappa shape index (κ1) is 13.4. The van der Waals surface area contributed by atoms with Crippen molar-refractivity contribution in [3.63, 3.8) is 0 Å². The zero-order valence-electron chi connectivity index (χ0n) is 12.5. The van der Waals surface area contributed by atoms with Crippen LogP contribution in [0.3, 0.4) is 0 Å². The van der Waals surface area contributed by atoms with Gasteiger partial charge in [-0.25, -0.2) is 0 Å². The fourth-order valence-corrected chi connectivity index (χ4v) is 3.45. The highest BCUT2D eigenvalue weighted by atomic mass is 15.0. The molecule has 3 rings (SSSR count). The van der Waals surface area contributed by atoms with Crippen LogP contribution in [0, 0.1) is 6.92 Å². The van der Waals surface area contributed by atoms with E-state index in [4.69, 9.17) is 5.73 Å². The molecule has 1 unspecified atom stereocenters. The van der Waals surface area contributed by atoms with Gasteiger partial charge < -0.3 is 10.3 Å². The van der Waals surface area contributed by atoms with Crippen molar-refractivity contribution in [3.8, 4) is 0 Å². The van der Waals surface area contributed by atoms with Crippen molar-refractivity contribution in [1.82, 2.24) is 4.57 Å². The molecule has 0 spiro atoms. The van der Waals surface area contributed by atoms with Crippen LogP contribution in [0.4, 0.5) is 0 Å². The monoisotopic (exact) mass is 268 g/mol. The Morgan fingerprint density at radius 3 is 2.75 bits per heavy atom. The Balaban J connectivity index is 1.99. The molecule has 1 aliphatic carbocycles. The molecule has 1 aromatic heterocycles. The van der Waals surface area contributed by atoms with Gasteiger partial charge in [0.25, 0.3) is 0 Å². The van der Waals surface area contributed by atoms with Gasteiger partial charge in [-0.05, 0) is 55.4 Å². The molecule has 1 aliphatic rings. The standard InChI is InChI=1S/C18H24N2/c1-3-14-7-4-5-8-15(14)12-20-13(2)11-16-17(19)9-6-10-18(16)20/h4-5,7-8,11,17H,3,6,9-10,12,19H2,1-2H3. The van der Waals surface area contributed by atoms with Gasteiger partial charge in [0.05, 0.1) is 0 Å². The lowest BCUT2D eigenvalue weighted by atomic mass is 9.93. The third kappa shape index (κ3) is 2.29. The number of aryl methyl sites for hydroxylation is 2. The van der Waals surface area contributed by atoms with Crippen LogP contribution in [0.5, 0.6) is 0 Å². The maximum atomic E-state index is 6.26. The van der Waals surface area contributed by atoms with E-state index in [9.17, 15) is 0 Å². The normalized spacial score (nSPS) is 18.1. The molecule has 0 amide bonds. The fraction of sp³-hybridized carbons (Fsp3) is 0.444. The molecule has 0 fully saturated rings. The summed E-state index contributed by atoms with van der Waals surface area (Å²) in [5, 5.41) is 0. The quantitative estimate of drug-likeness (QED) is 0.903. The highest BCUT2D eigenvalue weighted by Crippen LogP contribution is 2.31. The van der Waals surface area contributed by atoms with Crippen LogP contribution in [0.15, 0.2) is 30.3 Å². The average molecular weight is 268 g/mol. The minimum atomic E-state index is 0.236. The Bertz CT molecular complexity index is 610. The molecule has 1 aromatic carbocycles. The summed E-state index contributed by atoms with van der Waals surface area (Å²) in [6.07, 6.45) is 4.61. The molecule has 2 N–H and O–H groups in total. The Hall–Kier alpha value is -1.54. The van der Waals surface area contributed by atoms with Gasteiger partial charge in [-0.2, -0.15) is 0 Å². The van der Waals surface area contributed by atoms with Crippen molar-refractivity contribution in [3.05, 3.63) is 58.4 Å². The second-order valence-electron chi connectivity index (χ2n) is 5.89.